The van der Waals surface area contributed by atoms with Crippen molar-refractivity contribution in [2.75, 3.05) is 0 Å². The Hall–Kier alpha value is -5.52. The maximum absolute atomic E-state index is 3.30. The Morgan fingerprint density at radius 1 is 0.400 bits per heavy atom. The molecule has 0 amide bonds. The van der Waals surface area contributed by atoms with Crippen molar-refractivity contribution >= 4 is 65.2 Å². The molecule has 0 bridgehead atoms. The highest BCUT2D eigenvalue weighted by molar-refractivity contribution is 6.19. The van der Waals surface area contributed by atoms with Crippen LogP contribution in [0.3, 0.4) is 0 Å². The smallest absolute Gasteiger partial charge is 0.0549 e. The first-order chi connectivity index (χ1) is 19.9. The molecule has 0 N–H and O–H groups in total. The summed E-state index contributed by atoms with van der Waals surface area (Å²) in [5.41, 5.74) is 7.20. The zero-order valence-corrected chi connectivity index (χ0v) is 21.6. The molecule has 0 spiro atoms. The van der Waals surface area contributed by atoms with E-state index in [2.05, 4.69) is 149 Å². The maximum Gasteiger partial charge on any atom is 0.0549 e. The Morgan fingerprint density at radius 2 is 0.950 bits per heavy atom. The second-order valence-electron chi connectivity index (χ2n) is 10.4. The van der Waals surface area contributed by atoms with E-state index < -0.39 is 0 Å². The summed E-state index contributed by atoms with van der Waals surface area (Å²) in [5.74, 6) is 0. The van der Waals surface area contributed by atoms with Gasteiger partial charge in [-0.15, -0.1) is 0 Å². The highest BCUT2D eigenvalue weighted by Gasteiger charge is 2.19. The van der Waals surface area contributed by atoms with Gasteiger partial charge in [-0.05, 0) is 60.0 Å². The molecule has 2 nitrogen and oxygen atoms in total. The minimum atomic E-state index is 1.07. The van der Waals surface area contributed by atoms with E-state index in [1.165, 1.54) is 65.5 Å². The van der Waals surface area contributed by atoms with Crippen molar-refractivity contribution < 1.29 is 0 Å². The van der Waals surface area contributed by atoms with Gasteiger partial charge in [0.05, 0.1) is 33.4 Å². The van der Waals surface area contributed by atoms with Crippen LogP contribution in [0.1, 0.15) is 0 Å². The Bertz CT molecular complexity index is 2250. The Balaban J connectivity index is 1.48. The van der Waals surface area contributed by atoms with Crippen LogP contribution in [0.25, 0.3) is 76.5 Å². The topological polar surface area (TPSA) is 9.86 Å². The number of para-hydroxylation sites is 2. The number of aromatic nitrogens is 2. The van der Waals surface area contributed by atoms with Gasteiger partial charge in [0.1, 0.15) is 0 Å². The van der Waals surface area contributed by atoms with E-state index in [4.69, 9.17) is 0 Å². The second kappa shape index (κ2) is 7.99. The van der Waals surface area contributed by atoms with Gasteiger partial charge in [-0.3, -0.25) is 0 Å². The van der Waals surface area contributed by atoms with Gasteiger partial charge >= 0.3 is 0 Å². The normalized spacial score (nSPS) is 11.8. The van der Waals surface area contributed by atoms with Crippen molar-refractivity contribution in [3.8, 4) is 11.4 Å². The van der Waals surface area contributed by atoms with Gasteiger partial charge in [-0.25, -0.2) is 0 Å². The quantitative estimate of drug-likeness (QED) is 0.221. The molecule has 0 radical (unpaired) electrons. The van der Waals surface area contributed by atoms with E-state index in [0.29, 0.717) is 0 Å². The molecule has 2 heterocycles. The number of hydrogen-bond donors (Lipinski definition) is 0. The molecule has 9 aromatic rings. The third kappa shape index (κ3) is 2.84. The predicted molar refractivity (Wildman–Crippen MR) is 168 cm³/mol. The van der Waals surface area contributed by atoms with Gasteiger partial charge in [0, 0.05) is 37.7 Å². The molecule has 0 unspecified atom stereocenters. The van der Waals surface area contributed by atoms with E-state index in [-0.39, 0.29) is 0 Å². The number of rotatable bonds is 2. The van der Waals surface area contributed by atoms with Crippen LogP contribution in [0.5, 0.6) is 0 Å². The Morgan fingerprint density at radius 3 is 1.65 bits per heavy atom. The van der Waals surface area contributed by atoms with Gasteiger partial charge in [-0.1, -0.05) is 91.0 Å². The summed E-state index contributed by atoms with van der Waals surface area (Å²) in [6.45, 7) is 0. The maximum atomic E-state index is 3.30. The molecule has 0 aliphatic carbocycles. The SMILES string of the molecule is c1ccc2c(-n3c4ccccc4c4cc5c(cc43)c3ccccc3n5-c3cccc4ccccc34)cccc2c#1. The van der Waals surface area contributed by atoms with E-state index in [9.17, 15) is 0 Å². The summed E-state index contributed by atoms with van der Waals surface area (Å²) in [5, 5.41) is 9.73. The summed E-state index contributed by atoms with van der Waals surface area (Å²) < 4.78 is 4.87. The lowest BCUT2D eigenvalue weighted by molar-refractivity contribution is 1.19. The Labute approximate surface area is 230 Å². The molecule has 7 aromatic carbocycles. The first-order valence-electron chi connectivity index (χ1n) is 13.6. The van der Waals surface area contributed by atoms with Crippen molar-refractivity contribution in [2.45, 2.75) is 0 Å². The molecule has 0 aliphatic heterocycles. The molecule has 184 valence electrons. The molecule has 0 fully saturated rings. The summed E-state index contributed by atoms with van der Waals surface area (Å²) in [7, 11) is 0. The molecule has 9 rings (SSSR count). The average Bonchev–Trinajstić information content (AvgIpc) is 3.51. The lowest BCUT2D eigenvalue weighted by atomic mass is 10.1. The number of hydrogen-bond acceptors (Lipinski definition) is 0. The van der Waals surface area contributed by atoms with Gasteiger partial charge in [-0.2, -0.15) is 0 Å². The summed E-state index contributed by atoms with van der Waals surface area (Å²) in [6.07, 6.45) is 0. The van der Waals surface area contributed by atoms with Crippen LogP contribution >= 0.6 is 0 Å². The van der Waals surface area contributed by atoms with E-state index >= 15 is 0 Å². The summed E-state index contributed by atoms with van der Waals surface area (Å²) in [6, 6.07) is 54.5. The molecule has 0 saturated carbocycles. The van der Waals surface area contributed by atoms with Crippen LogP contribution in [0.2, 0.25) is 0 Å². The minimum Gasteiger partial charge on any atom is -0.309 e. The van der Waals surface area contributed by atoms with Gasteiger partial charge in [0.2, 0.25) is 0 Å². The summed E-state index contributed by atoms with van der Waals surface area (Å²) in [4.78, 5) is 0. The minimum absolute atomic E-state index is 1.07. The van der Waals surface area contributed by atoms with Gasteiger partial charge < -0.3 is 9.13 Å². The average molecular weight is 507 g/mol. The van der Waals surface area contributed by atoms with Crippen molar-refractivity contribution in [2.24, 2.45) is 0 Å². The molecule has 0 atom stereocenters. The zero-order valence-electron chi connectivity index (χ0n) is 21.6. The van der Waals surface area contributed by atoms with Crippen LogP contribution in [0, 0.1) is 12.1 Å². The Kier molecular flexibility index (Phi) is 4.28. The molecule has 40 heavy (non-hydrogen) atoms. The van der Waals surface area contributed by atoms with E-state index in [1.807, 2.05) is 6.07 Å². The second-order valence-corrected chi connectivity index (χ2v) is 10.4. The van der Waals surface area contributed by atoms with Crippen LogP contribution in [-0.4, -0.2) is 9.13 Å². The molecular weight excluding hydrogens is 484 g/mol. The predicted octanol–water partition coefficient (Wildman–Crippen LogP) is 9.79. The van der Waals surface area contributed by atoms with Crippen molar-refractivity contribution in [3.05, 3.63) is 146 Å². The summed E-state index contributed by atoms with van der Waals surface area (Å²) >= 11 is 0. The number of nitrogens with zero attached hydrogens (tertiary/aromatic N) is 2. The standard InChI is InChI=1S/C38H22N2/c1-3-15-27-25(11-1)13-9-21-33(27)39-35-19-7-5-17-29(35)31-24-38-32(23-37(31)39)30-18-6-8-20-36(30)40(38)34-22-10-14-26-12-2-4-16-28(26)34/h1,3-11,13-24H. The van der Waals surface area contributed by atoms with Crippen molar-refractivity contribution in [1.82, 2.24) is 9.13 Å². The molecular formula is C38H22N2. The van der Waals surface area contributed by atoms with Gasteiger partial charge in [0.25, 0.3) is 0 Å². The van der Waals surface area contributed by atoms with Gasteiger partial charge in [0.15, 0.2) is 0 Å². The lowest BCUT2D eigenvalue weighted by Gasteiger charge is -2.12. The molecule has 2 heteroatoms. The van der Waals surface area contributed by atoms with E-state index in [0.717, 1.165) is 11.1 Å². The fraction of sp³-hybridized carbons (Fsp3) is 0. The first-order valence-corrected chi connectivity index (χ1v) is 13.6. The fourth-order valence-corrected chi connectivity index (χ4v) is 6.63. The molecule has 2 aromatic heterocycles. The van der Waals surface area contributed by atoms with E-state index in [1.54, 1.807) is 0 Å². The number of benzene rings is 6. The third-order valence-corrected chi connectivity index (χ3v) is 8.34. The van der Waals surface area contributed by atoms with Crippen LogP contribution in [-0.2, 0) is 0 Å². The monoisotopic (exact) mass is 506 g/mol. The van der Waals surface area contributed by atoms with Crippen LogP contribution in [0.15, 0.2) is 133 Å². The highest BCUT2D eigenvalue weighted by Crippen LogP contribution is 2.41. The molecule has 0 saturated heterocycles. The molecule has 0 aliphatic rings. The third-order valence-electron chi connectivity index (χ3n) is 8.34. The highest BCUT2D eigenvalue weighted by atomic mass is 15.0. The lowest BCUT2D eigenvalue weighted by Crippen LogP contribution is -1.96. The van der Waals surface area contributed by atoms with Crippen LogP contribution in [0.4, 0.5) is 0 Å². The zero-order chi connectivity index (χ0) is 26.2. The van der Waals surface area contributed by atoms with Crippen molar-refractivity contribution in [3.63, 3.8) is 0 Å². The fourth-order valence-electron chi connectivity index (χ4n) is 6.63. The largest absolute Gasteiger partial charge is 0.309 e. The van der Waals surface area contributed by atoms with Crippen molar-refractivity contribution in [1.29, 1.82) is 0 Å². The first kappa shape index (κ1) is 21.4. The number of fused-ring (bicyclic) bond motifs is 8. The van der Waals surface area contributed by atoms with Crippen LogP contribution < -0.4 is 0 Å².